The van der Waals surface area contributed by atoms with E-state index in [9.17, 15) is 22.8 Å². The van der Waals surface area contributed by atoms with E-state index in [1.807, 2.05) is 0 Å². The van der Waals surface area contributed by atoms with E-state index in [0.717, 1.165) is 18.6 Å². The first-order chi connectivity index (χ1) is 15.4. The van der Waals surface area contributed by atoms with Crippen molar-refractivity contribution in [1.29, 1.82) is 0 Å². The number of likely N-dealkylation sites (tertiary alicyclic amines) is 1. The average Bonchev–Trinajstić information content (AvgIpc) is 3.27. The van der Waals surface area contributed by atoms with Crippen molar-refractivity contribution in [3.63, 3.8) is 0 Å². The quantitative estimate of drug-likeness (QED) is 0.653. The Morgan fingerprint density at radius 2 is 1.88 bits per heavy atom. The zero-order valence-corrected chi connectivity index (χ0v) is 16.9. The highest BCUT2D eigenvalue weighted by atomic mass is 19.1. The second kappa shape index (κ2) is 9.21. The van der Waals surface area contributed by atoms with Gasteiger partial charge in [-0.25, -0.2) is 13.2 Å². The average molecular weight is 444 g/mol. The zero-order chi connectivity index (χ0) is 22.7. The monoisotopic (exact) mass is 444 g/mol. The van der Waals surface area contributed by atoms with Crippen LogP contribution in [-0.4, -0.2) is 46.5 Å². The molecule has 2 heterocycles. The molecule has 3 aromatic rings. The van der Waals surface area contributed by atoms with Crippen molar-refractivity contribution in [2.45, 2.75) is 18.8 Å². The standard InChI is InChI=1S/C22H19F3N4O3/c23-16-5-1-3-13(7-16)20-27-22(32-28-20)14-4-2-6-29(12-14)19(30)11-26-21(31)15-8-17(24)10-18(25)9-15/h1,3,5,7-10,14H,2,4,6,11-12H2,(H,26,31). The fraction of sp³-hybridized carbons (Fsp3) is 0.273. The van der Waals surface area contributed by atoms with Crippen LogP contribution in [0.4, 0.5) is 13.2 Å². The summed E-state index contributed by atoms with van der Waals surface area (Å²) in [7, 11) is 0. The van der Waals surface area contributed by atoms with Crippen LogP contribution in [0.25, 0.3) is 11.4 Å². The van der Waals surface area contributed by atoms with Gasteiger partial charge < -0.3 is 14.7 Å². The maximum Gasteiger partial charge on any atom is 0.251 e. The Labute approximate surface area is 181 Å². The van der Waals surface area contributed by atoms with Gasteiger partial charge in [0.15, 0.2) is 0 Å². The molecule has 1 fully saturated rings. The summed E-state index contributed by atoms with van der Waals surface area (Å²) >= 11 is 0. The minimum atomic E-state index is -0.877. The molecule has 10 heteroatoms. The van der Waals surface area contributed by atoms with Crippen molar-refractivity contribution in [3.05, 3.63) is 71.4 Å². The molecule has 0 radical (unpaired) electrons. The lowest BCUT2D eigenvalue weighted by atomic mass is 9.98. The number of nitrogens with zero attached hydrogens (tertiary/aromatic N) is 3. The maximum absolute atomic E-state index is 13.4. The van der Waals surface area contributed by atoms with E-state index in [1.165, 1.54) is 12.1 Å². The highest BCUT2D eigenvalue weighted by Gasteiger charge is 2.29. The summed E-state index contributed by atoms with van der Waals surface area (Å²) in [5, 5.41) is 6.29. The first-order valence-electron chi connectivity index (χ1n) is 10.0. The number of halogens is 3. The molecule has 32 heavy (non-hydrogen) atoms. The summed E-state index contributed by atoms with van der Waals surface area (Å²) in [6.45, 7) is 0.487. The molecule has 1 aliphatic rings. The van der Waals surface area contributed by atoms with Crippen LogP contribution in [0.15, 0.2) is 47.0 Å². The van der Waals surface area contributed by atoms with Crippen LogP contribution in [0.5, 0.6) is 0 Å². The summed E-state index contributed by atoms with van der Waals surface area (Å²) in [4.78, 5) is 30.6. The summed E-state index contributed by atoms with van der Waals surface area (Å²) in [6, 6.07) is 8.29. The van der Waals surface area contributed by atoms with Gasteiger partial charge in [0.25, 0.3) is 5.91 Å². The van der Waals surface area contributed by atoms with Gasteiger partial charge in [-0.05, 0) is 37.1 Å². The molecule has 0 saturated carbocycles. The predicted molar refractivity (Wildman–Crippen MR) is 107 cm³/mol. The molecule has 1 unspecified atom stereocenters. The summed E-state index contributed by atoms with van der Waals surface area (Å²) in [5.41, 5.74) is 0.280. The lowest BCUT2D eigenvalue weighted by Crippen LogP contribution is -2.44. The van der Waals surface area contributed by atoms with Crippen molar-refractivity contribution in [1.82, 2.24) is 20.4 Å². The molecule has 7 nitrogen and oxygen atoms in total. The Morgan fingerprint density at radius 1 is 1.09 bits per heavy atom. The van der Waals surface area contributed by atoms with Gasteiger partial charge in [-0.15, -0.1) is 0 Å². The second-order valence-electron chi connectivity index (χ2n) is 7.49. The smallest absolute Gasteiger partial charge is 0.251 e. The van der Waals surface area contributed by atoms with Crippen LogP contribution in [0.2, 0.25) is 0 Å². The molecular weight excluding hydrogens is 425 g/mol. The molecule has 1 atom stereocenters. The molecule has 2 amide bonds. The highest BCUT2D eigenvalue weighted by molar-refractivity contribution is 5.96. The van der Waals surface area contributed by atoms with Gasteiger partial charge >= 0.3 is 0 Å². The third kappa shape index (κ3) is 4.96. The first-order valence-corrected chi connectivity index (χ1v) is 10.0. The van der Waals surface area contributed by atoms with E-state index in [2.05, 4.69) is 15.5 Å². The van der Waals surface area contributed by atoms with Crippen LogP contribution in [0.1, 0.15) is 35.0 Å². The second-order valence-corrected chi connectivity index (χ2v) is 7.49. The highest BCUT2D eigenvalue weighted by Crippen LogP contribution is 2.27. The first kappa shape index (κ1) is 21.5. The SMILES string of the molecule is O=C(NCC(=O)N1CCCC(c2nc(-c3cccc(F)c3)no2)C1)c1cc(F)cc(F)c1. The van der Waals surface area contributed by atoms with Gasteiger partial charge in [0.05, 0.1) is 12.5 Å². The van der Waals surface area contributed by atoms with Crippen LogP contribution < -0.4 is 5.32 Å². The normalized spacial score (nSPS) is 16.1. The van der Waals surface area contributed by atoms with Gasteiger partial charge in [-0.3, -0.25) is 9.59 Å². The summed E-state index contributed by atoms with van der Waals surface area (Å²) in [6.07, 6.45) is 1.42. The van der Waals surface area contributed by atoms with Gasteiger partial charge in [-0.2, -0.15) is 4.98 Å². The minimum Gasteiger partial charge on any atom is -0.343 e. The molecule has 1 aromatic heterocycles. The van der Waals surface area contributed by atoms with E-state index < -0.39 is 23.4 Å². The molecule has 166 valence electrons. The number of nitrogens with one attached hydrogen (secondary N) is 1. The Balaban J connectivity index is 1.36. The lowest BCUT2D eigenvalue weighted by Gasteiger charge is -2.31. The molecule has 0 spiro atoms. The van der Waals surface area contributed by atoms with Gasteiger partial charge in [0.2, 0.25) is 17.6 Å². The van der Waals surface area contributed by atoms with Crippen molar-refractivity contribution in [2.24, 2.45) is 0 Å². The summed E-state index contributed by atoms with van der Waals surface area (Å²) in [5.74, 6) is -2.85. The number of hydrogen-bond donors (Lipinski definition) is 1. The number of carbonyl (C=O) groups is 2. The minimum absolute atomic E-state index is 0.199. The topological polar surface area (TPSA) is 88.3 Å². The molecule has 1 aliphatic heterocycles. The van der Waals surface area contributed by atoms with Crippen molar-refractivity contribution in [2.75, 3.05) is 19.6 Å². The largest absolute Gasteiger partial charge is 0.343 e. The Morgan fingerprint density at radius 3 is 2.62 bits per heavy atom. The molecule has 1 saturated heterocycles. The lowest BCUT2D eigenvalue weighted by molar-refractivity contribution is -0.131. The van der Waals surface area contributed by atoms with Crippen LogP contribution in [0.3, 0.4) is 0 Å². The Bertz CT molecular complexity index is 1130. The molecule has 1 N–H and O–H groups in total. The molecule has 0 aliphatic carbocycles. The third-order valence-electron chi connectivity index (χ3n) is 5.17. The zero-order valence-electron chi connectivity index (χ0n) is 16.9. The predicted octanol–water partition coefficient (Wildman–Crippen LogP) is 3.29. The van der Waals surface area contributed by atoms with Crippen molar-refractivity contribution >= 4 is 11.8 Å². The summed E-state index contributed by atoms with van der Waals surface area (Å²) < 4.78 is 45.3. The van der Waals surface area contributed by atoms with Crippen molar-refractivity contribution in [3.8, 4) is 11.4 Å². The number of hydrogen-bond acceptors (Lipinski definition) is 5. The molecular formula is C22H19F3N4O3. The Kier molecular flexibility index (Phi) is 6.20. The third-order valence-corrected chi connectivity index (χ3v) is 5.17. The molecule has 0 bridgehead atoms. The van der Waals surface area contributed by atoms with E-state index in [4.69, 9.17) is 4.52 Å². The molecule has 2 aromatic carbocycles. The molecule has 4 rings (SSSR count). The van der Waals surface area contributed by atoms with Crippen LogP contribution >= 0.6 is 0 Å². The maximum atomic E-state index is 13.4. The van der Waals surface area contributed by atoms with Crippen LogP contribution in [0, 0.1) is 17.5 Å². The van der Waals surface area contributed by atoms with E-state index in [-0.39, 0.29) is 29.8 Å². The number of amides is 2. The Hall–Kier alpha value is -3.69. The van der Waals surface area contributed by atoms with Gasteiger partial charge in [-0.1, -0.05) is 17.3 Å². The fourth-order valence-electron chi connectivity index (χ4n) is 3.61. The van der Waals surface area contributed by atoms with E-state index in [0.29, 0.717) is 37.0 Å². The fourth-order valence-corrected chi connectivity index (χ4v) is 3.61. The number of benzene rings is 2. The number of piperidine rings is 1. The van der Waals surface area contributed by atoms with Gasteiger partial charge in [0.1, 0.15) is 17.5 Å². The van der Waals surface area contributed by atoms with E-state index >= 15 is 0 Å². The van der Waals surface area contributed by atoms with E-state index in [1.54, 1.807) is 17.0 Å². The van der Waals surface area contributed by atoms with Gasteiger partial charge in [0, 0.05) is 30.3 Å². The van der Waals surface area contributed by atoms with Crippen molar-refractivity contribution < 1.29 is 27.3 Å². The number of aromatic nitrogens is 2. The number of carbonyl (C=O) groups excluding carboxylic acids is 2. The number of rotatable bonds is 5. The van der Waals surface area contributed by atoms with Crippen LogP contribution in [-0.2, 0) is 4.79 Å².